The van der Waals surface area contributed by atoms with Crippen LogP contribution in [-0.4, -0.2) is 24.6 Å². The molecule has 0 amide bonds. The highest BCUT2D eigenvalue weighted by molar-refractivity contribution is 5.96. The number of carbonyl (C=O) groups is 2. The molecule has 3 rings (SSSR count). The first-order chi connectivity index (χ1) is 9.24. The van der Waals surface area contributed by atoms with Crippen molar-refractivity contribution in [3.8, 4) is 0 Å². The molecule has 0 aromatic heterocycles. The van der Waals surface area contributed by atoms with Crippen LogP contribution >= 0.6 is 0 Å². The molecule has 1 fully saturated rings. The Kier molecular flexibility index (Phi) is 2.91. The van der Waals surface area contributed by atoms with E-state index in [0.717, 1.165) is 10.8 Å². The molecule has 4 heteroatoms. The summed E-state index contributed by atoms with van der Waals surface area (Å²) in [6.07, 6.45) is -0.336. The molecule has 1 aliphatic rings. The number of rotatable bonds is 2. The summed E-state index contributed by atoms with van der Waals surface area (Å²) in [5.74, 6) is -0.955. The summed E-state index contributed by atoms with van der Waals surface area (Å²) in [5.41, 5.74) is 0.443. The molecule has 0 radical (unpaired) electrons. The molecule has 0 saturated carbocycles. The van der Waals surface area contributed by atoms with Gasteiger partial charge in [0.25, 0.3) is 0 Å². The second kappa shape index (κ2) is 4.72. The summed E-state index contributed by atoms with van der Waals surface area (Å²) in [6.45, 7) is 0.314. The normalized spacial score (nSPS) is 18.3. The van der Waals surface area contributed by atoms with Gasteiger partial charge in [-0.1, -0.05) is 30.3 Å². The van der Waals surface area contributed by atoms with Crippen molar-refractivity contribution >= 4 is 22.7 Å². The Bertz CT molecular complexity index is 647. The van der Waals surface area contributed by atoms with Gasteiger partial charge >= 0.3 is 11.9 Å². The van der Waals surface area contributed by atoms with Crippen LogP contribution < -0.4 is 0 Å². The molecule has 0 bridgehead atoms. The Labute approximate surface area is 109 Å². The van der Waals surface area contributed by atoms with Crippen LogP contribution in [0.15, 0.2) is 42.5 Å². The molecule has 2 aromatic rings. The van der Waals surface area contributed by atoms with Gasteiger partial charge in [-0.15, -0.1) is 0 Å². The topological polar surface area (TPSA) is 52.6 Å². The number of hydrogen-bond acceptors (Lipinski definition) is 4. The molecule has 19 heavy (non-hydrogen) atoms. The van der Waals surface area contributed by atoms with Crippen LogP contribution in [0.25, 0.3) is 10.8 Å². The standard InChI is InChI=1S/C15H12O4/c16-14(19-13-7-8-18-15(13)17)12-6-5-10-3-1-2-4-11(10)9-12/h1-6,9,13H,7-8H2/t13-/m1/s1. The van der Waals surface area contributed by atoms with Gasteiger partial charge in [-0.2, -0.15) is 0 Å². The van der Waals surface area contributed by atoms with Gasteiger partial charge in [-0.25, -0.2) is 9.59 Å². The Morgan fingerprint density at radius 1 is 1.16 bits per heavy atom. The predicted octanol–water partition coefficient (Wildman–Crippen LogP) is 2.31. The van der Waals surface area contributed by atoms with Crippen molar-refractivity contribution in [3.63, 3.8) is 0 Å². The molecule has 4 nitrogen and oxygen atoms in total. The van der Waals surface area contributed by atoms with Gasteiger partial charge in [0.05, 0.1) is 12.2 Å². The van der Waals surface area contributed by atoms with Gasteiger partial charge in [0.1, 0.15) is 0 Å². The first-order valence-electron chi connectivity index (χ1n) is 6.10. The minimum atomic E-state index is -0.765. The molecule has 0 unspecified atom stereocenters. The Hall–Kier alpha value is -2.36. The summed E-state index contributed by atoms with van der Waals surface area (Å²) in [4.78, 5) is 23.2. The van der Waals surface area contributed by atoms with E-state index in [1.807, 2.05) is 30.3 Å². The summed E-state index contributed by atoms with van der Waals surface area (Å²) < 4.78 is 9.90. The lowest BCUT2D eigenvalue weighted by atomic mass is 10.1. The van der Waals surface area contributed by atoms with E-state index in [9.17, 15) is 9.59 Å². The Morgan fingerprint density at radius 2 is 1.95 bits per heavy atom. The minimum absolute atomic E-state index is 0.314. The van der Waals surface area contributed by atoms with Crippen molar-refractivity contribution in [2.75, 3.05) is 6.61 Å². The Balaban J connectivity index is 1.83. The molecule has 0 spiro atoms. The van der Waals surface area contributed by atoms with Gasteiger partial charge in [-0.05, 0) is 22.9 Å². The number of ether oxygens (including phenoxy) is 2. The van der Waals surface area contributed by atoms with E-state index in [0.29, 0.717) is 18.6 Å². The zero-order valence-corrected chi connectivity index (χ0v) is 10.2. The average molecular weight is 256 g/mol. The average Bonchev–Trinajstić information content (AvgIpc) is 2.84. The fraction of sp³-hybridized carbons (Fsp3) is 0.200. The van der Waals surface area contributed by atoms with Crippen molar-refractivity contribution in [1.82, 2.24) is 0 Å². The van der Waals surface area contributed by atoms with Gasteiger partial charge in [-0.3, -0.25) is 0 Å². The van der Waals surface area contributed by atoms with Crippen molar-refractivity contribution in [2.24, 2.45) is 0 Å². The third-order valence-corrected chi connectivity index (χ3v) is 3.12. The second-order valence-electron chi connectivity index (χ2n) is 4.41. The molecule has 1 heterocycles. The maximum absolute atomic E-state index is 12.0. The lowest BCUT2D eigenvalue weighted by Gasteiger charge is -2.08. The van der Waals surface area contributed by atoms with E-state index in [1.54, 1.807) is 12.1 Å². The van der Waals surface area contributed by atoms with Crippen LogP contribution in [0.3, 0.4) is 0 Å². The minimum Gasteiger partial charge on any atom is -0.463 e. The summed E-state index contributed by atoms with van der Waals surface area (Å²) >= 11 is 0. The zero-order chi connectivity index (χ0) is 13.2. The largest absolute Gasteiger partial charge is 0.463 e. The predicted molar refractivity (Wildman–Crippen MR) is 68.7 cm³/mol. The Morgan fingerprint density at radius 3 is 2.68 bits per heavy atom. The van der Waals surface area contributed by atoms with Gasteiger partial charge in [0.2, 0.25) is 6.10 Å². The highest BCUT2D eigenvalue weighted by Crippen LogP contribution is 2.18. The van der Waals surface area contributed by atoms with Crippen molar-refractivity contribution in [1.29, 1.82) is 0 Å². The van der Waals surface area contributed by atoms with Crippen LogP contribution in [0.5, 0.6) is 0 Å². The number of benzene rings is 2. The van der Waals surface area contributed by atoms with Crippen molar-refractivity contribution in [3.05, 3.63) is 48.0 Å². The number of hydrogen-bond donors (Lipinski definition) is 0. The highest BCUT2D eigenvalue weighted by Gasteiger charge is 2.30. The number of cyclic esters (lactones) is 1. The van der Waals surface area contributed by atoms with Crippen molar-refractivity contribution in [2.45, 2.75) is 12.5 Å². The van der Waals surface area contributed by atoms with Crippen LogP contribution in [0.1, 0.15) is 16.8 Å². The van der Waals surface area contributed by atoms with Crippen LogP contribution in [0, 0.1) is 0 Å². The van der Waals surface area contributed by atoms with Crippen molar-refractivity contribution < 1.29 is 19.1 Å². The van der Waals surface area contributed by atoms with Gasteiger partial charge in [0, 0.05) is 6.42 Å². The molecule has 1 aliphatic heterocycles. The first-order valence-corrected chi connectivity index (χ1v) is 6.10. The van der Waals surface area contributed by atoms with Gasteiger partial charge in [0.15, 0.2) is 0 Å². The summed E-state index contributed by atoms with van der Waals surface area (Å²) in [5, 5.41) is 2.02. The van der Waals surface area contributed by atoms with E-state index in [1.165, 1.54) is 0 Å². The molecule has 0 N–H and O–H groups in total. The summed E-state index contributed by atoms with van der Waals surface area (Å²) in [7, 11) is 0. The molecule has 96 valence electrons. The van der Waals surface area contributed by atoms with Crippen LogP contribution in [0.4, 0.5) is 0 Å². The lowest BCUT2D eigenvalue weighted by Crippen LogP contribution is -2.22. The maximum atomic E-state index is 12.0. The fourth-order valence-corrected chi connectivity index (χ4v) is 2.10. The van der Waals surface area contributed by atoms with E-state index in [4.69, 9.17) is 9.47 Å². The molecule has 1 atom stereocenters. The SMILES string of the molecule is O=C(O[C@@H]1CCOC1=O)c1ccc2ccccc2c1. The number of esters is 2. The molecule has 1 saturated heterocycles. The zero-order valence-electron chi connectivity index (χ0n) is 10.2. The second-order valence-corrected chi connectivity index (χ2v) is 4.41. The van der Waals surface area contributed by atoms with E-state index in [2.05, 4.69) is 0 Å². The molecular formula is C15H12O4. The maximum Gasteiger partial charge on any atom is 0.347 e. The quantitative estimate of drug-likeness (QED) is 0.774. The monoisotopic (exact) mass is 256 g/mol. The first kappa shape index (κ1) is 11.7. The van der Waals surface area contributed by atoms with E-state index in [-0.39, 0.29) is 0 Å². The van der Waals surface area contributed by atoms with Crippen LogP contribution in [0.2, 0.25) is 0 Å². The van der Waals surface area contributed by atoms with Gasteiger partial charge < -0.3 is 9.47 Å². The third-order valence-electron chi connectivity index (χ3n) is 3.12. The van der Waals surface area contributed by atoms with E-state index < -0.39 is 18.0 Å². The lowest BCUT2D eigenvalue weighted by molar-refractivity contribution is -0.145. The van der Waals surface area contributed by atoms with E-state index >= 15 is 0 Å². The fourth-order valence-electron chi connectivity index (χ4n) is 2.10. The smallest absolute Gasteiger partial charge is 0.347 e. The highest BCUT2D eigenvalue weighted by atomic mass is 16.6. The van der Waals surface area contributed by atoms with Crippen LogP contribution in [-0.2, 0) is 14.3 Å². The molecule has 0 aliphatic carbocycles. The third kappa shape index (κ3) is 2.29. The number of carbonyl (C=O) groups excluding carboxylic acids is 2. The molecular weight excluding hydrogens is 244 g/mol. The summed E-state index contributed by atoms with van der Waals surface area (Å²) in [6, 6.07) is 13.1. The molecule has 2 aromatic carbocycles. The number of fused-ring (bicyclic) bond motifs is 1.